The zero-order valence-electron chi connectivity index (χ0n) is 18.8. The predicted octanol–water partition coefficient (Wildman–Crippen LogP) is 7.40. The molecule has 3 aromatic carbocycles. The topological polar surface area (TPSA) is 24.8 Å². The number of nitrogens with zero attached hydrogens (tertiary/aromatic N) is 2. The van der Waals surface area contributed by atoms with Crippen molar-refractivity contribution in [2.24, 2.45) is 4.99 Å². The second kappa shape index (κ2) is 8.18. The van der Waals surface area contributed by atoms with Gasteiger partial charge >= 0.3 is 0 Å². The van der Waals surface area contributed by atoms with Gasteiger partial charge in [-0.05, 0) is 86.7 Å². The van der Waals surface area contributed by atoms with Crippen LogP contribution in [0, 0.1) is 12.7 Å². The molecule has 160 valence electrons. The van der Waals surface area contributed by atoms with E-state index in [2.05, 4.69) is 30.7 Å². The summed E-state index contributed by atoms with van der Waals surface area (Å²) in [6, 6.07) is 19.0. The first-order valence-corrected chi connectivity index (χ1v) is 10.7. The van der Waals surface area contributed by atoms with Crippen molar-refractivity contribution in [3.8, 4) is 11.5 Å². The number of hydrogen-bond donors (Lipinski definition) is 0. The maximum Gasteiger partial charge on any atom is 0.134 e. The van der Waals surface area contributed by atoms with Crippen LogP contribution < -0.4 is 9.64 Å². The summed E-state index contributed by atoms with van der Waals surface area (Å²) in [4.78, 5) is 6.67. The number of ether oxygens (including phenoxy) is 1. The van der Waals surface area contributed by atoms with Crippen LogP contribution in [-0.4, -0.2) is 18.8 Å². The fourth-order valence-corrected chi connectivity index (χ4v) is 4.25. The van der Waals surface area contributed by atoms with E-state index in [1.54, 1.807) is 12.3 Å². The average Bonchev–Trinajstić information content (AvgIpc) is 2.73. The van der Waals surface area contributed by atoms with E-state index in [0.29, 0.717) is 11.5 Å². The molecule has 1 unspecified atom stereocenters. The maximum absolute atomic E-state index is 14.8. The van der Waals surface area contributed by atoms with Gasteiger partial charge in [0.25, 0.3) is 0 Å². The number of fused-ring (bicyclic) bond motifs is 1. The summed E-state index contributed by atoms with van der Waals surface area (Å²) in [5.74, 6) is 1.69. The summed E-state index contributed by atoms with van der Waals surface area (Å²) >= 11 is 0. The Kier molecular flexibility index (Phi) is 5.57. The molecule has 3 aromatic rings. The van der Waals surface area contributed by atoms with Gasteiger partial charge in [0.2, 0.25) is 0 Å². The van der Waals surface area contributed by atoms with Crippen LogP contribution in [0.4, 0.5) is 15.8 Å². The molecular formula is C27H29FN2O. The lowest BCUT2D eigenvalue weighted by Crippen LogP contribution is -2.45. The normalized spacial score (nSPS) is 17.6. The Bertz CT molecular complexity index is 1120. The van der Waals surface area contributed by atoms with Gasteiger partial charge < -0.3 is 9.64 Å². The molecule has 0 aliphatic carbocycles. The molecule has 1 atom stereocenters. The Morgan fingerprint density at radius 3 is 2.52 bits per heavy atom. The fraction of sp³-hybridized carbons (Fsp3) is 0.296. The van der Waals surface area contributed by atoms with E-state index in [0.717, 1.165) is 34.9 Å². The third-order valence-electron chi connectivity index (χ3n) is 6.26. The molecule has 0 saturated heterocycles. The summed E-state index contributed by atoms with van der Waals surface area (Å²) in [5, 5.41) is 0. The Balaban J connectivity index is 1.54. The van der Waals surface area contributed by atoms with Crippen molar-refractivity contribution in [3.63, 3.8) is 0 Å². The Morgan fingerprint density at radius 1 is 1.10 bits per heavy atom. The lowest BCUT2D eigenvalue weighted by molar-refractivity contribution is 0.394. The highest BCUT2D eigenvalue weighted by molar-refractivity contribution is 5.84. The second-order valence-electron chi connectivity index (χ2n) is 9.03. The summed E-state index contributed by atoms with van der Waals surface area (Å²) in [5.41, 5.74) is 4.49. The van der Waals surface area contributed by atoms with E-state index in [1.165, 1.54) is 5.56 Å². The molecule has 0 spiro atoms. The highest BCUT2D eigenvalue weighted by Crippen LogP contribution is 2.43. The largest absolute Gasteiger partial charge is 0.457 e. The molecule has 1 aliphatic heterocycles. The van der Waals surface area contributed by atoms with Crippen LogP contribution in [-0.2, 0) is 0 Å². The highest BCUT2D eigenvalue weighted by Gasteiger charge is 2.34. The third kappa shape index (κ3) is 4.34. The van der Waals surface area contributed by atoms with Crippen molar-refractivity contribution >= 4 is 17.6 Å². The molecule has 4 rings (SSSR count). The van der Waals surface area contributed by atoms with Gasteiger partial charge in [-0.3, -0.25) is 4.99 Å². The lowest BCUT2D eigenvalue weighted by Gasteiger charge is -2.45. The number of aryl methyl sites for hydroxylation is 1. The van der Waals surface area contributed by atoms with E-state index in [1.807, 2.05) is 68.6 Å². The summed E-state index contributed by atoms with van der Waals surface area (Å²) < 4.78 is 20.8. The number of para-hydroxylation sites is 1. The Morgan fingerprint density at radius 2 is 1.81 bits per heavy atom. The average molecular weight is 417 g/mol. The van der Waals surface area contributed by atoms with Gasteiger partial charge in [0.05, 0.1) is 5.69 Å². The minimum Gasteiger partial charge on any atom is -0.457 e. The smallest absolute Gasteiger partial charge is 0.134 e. The molecule has 0 bridgehead atoms. The Labute approximate surface area is 184 Å². The zero-order chi connectivity index (χ0) is 22.2. The molecule has 31 heavy (non-hydrogen) atoms. The Hall–Kier alpha value is -3.14. The molecule has 3 nitrogen and oxygen atoms in total. The van der Waals surface area contributed by atoms with E-state index in [-0.39, 0.29) is 11.4 Å². The highest BCUT2D eigenvalue weighted by atomic mass is 19.1. The zero-order valence-corrected chi connectivity index (χ0v) is 18.8. The van der Waals surface area contributed by atoms with Crippen molar-refractivity contribution in [1.82, 2.24) is 0 Å². The van der Waals surface area contributed by atoms with Crippen LogP contribution in [0.25, 0.3) is 0 Å². The van der Waals surface area contributed by atoms with Gasteiger partial charge in [-0.2, -0.15) is 0 Å². The minimum absolute atomic E-state index is 0.0105. The van der Waals surface area contributed by atoms with Crippen LogP contribution in [0.5, 0.6) is 11.5 Å². The maximum atomic E-state index is 14.8. The van der Waals surface area contributed by atoms with Crippen LogP contribution in [0.3, 0.4) is 0 Å². The van der Waals surface area contributed by atoms with E-state index < -0.39 is 0 Å². The molecule has 0 radical (unpaired) electrons. The standard InChI is InChI=1S/C27H29FN2O/c1-18-8-6-7-9-26(18)31-22-12-10-21(11-13-22)29-17-20-14-23-19(2)16-27(3,4)30(5)25(23)15-24(20)28/h6-15,17,19H,16H2,1-5H3. The quantitative estimate of drug-likeness (QED) is 0.414. The molecular weight excluding hydrogens is 387 g/mol. The van der Waals surface area contributed by atoms with Crippen LogP contribution >= 0.6 is 0 Å². The molecule has 0 saturated carbocycles. The number of aliphatic imine (C=N–C) groups is 1. The summed E-state index contributed by atoms with van der Waals surface area (Å²) in [6.07, 6.45) is 2.64. The second-order valence-corrected chi connectivity index (χ2v) is 9.03. The van der Waals surface area contributed by atoms with Crippen molar-refractivity contribution < 1.29 is 9.13 Å². The van der Waals surface area contributed by atoms with E-state index in [4.69, 9.17) is 4.74 Å². The third-order valence-corrected chi connectivity index (χ3v) is 6.26. The number of rotatable bonds is 4. The molecule has 4 heteroatoms. The molecule has 1 aliphatic rings. The van der Waals surface area contributed by atoms with Gasteiger partial charge in [0.15, 0.2) is 0 Å². The molecule has 0 amide bonds. The van der Waals surface area contributed by atoms with Crippen LogP contribution in [0.1, 0.15) is 49.8 Å². The van der Waals surface area contributed by atoms with Crippen LogP contribution in [0.2, 0.25) is 0 Å². The SMILES string of the molecule is Cc1ccccc1Oc1ccc(N=Cc2cc3c(cc2F)N(C)C(C)(C)CC3C)cc1. The van der Waals surface area contributed by atoms with E-state index >= 15 is 0 Å². The lowest BCUT2D eigenvalue weighted by atomic mass is 9.80. The number of hydrogen-bond acceptors (Lipinski definition) is 3. The van der Waals surface area contributed by atoms with Gasteiger partial charge in [0, 0.05) is 30.1 Å². The van der Waals surface area contributed by atoms with Crippen molar-refractivity contribution in [3.05, 3.63) is 83.2 Å². The monoisotopic (exact) mass is 416 g/mol. The summed E-state index contributed by atoms with van der Waals surface area (Å²) in [6.45, 7) is 8.62. The van der Waals surface area contributed by atoms with Crippen molar-refractivity contribution in [2.45, 2.75) is 45.6 Å². The van der Waals surface area contributed by atoms with Gasteiger partial charge in [0.1, 0.15) is 17.3 Å². The van der Waals surface area contributed by atoms with E-state index in [9.17, 15) is 4.39 Å². The summed E-state index contributed by atoms with van der Waals surface area (Å²) in [7, 11) is 2.04. The molecule has 1 heterocycles. The molecule has 0 fully saturated rings. The van der Waals surface area contributed by atoms with Crippen LogP contribution in [0.15, 0.2) is 65.7 Å². The van der Waals surface area contributed by atoms with Crippen molar-refractivity contribution in [1.29, 1.82) is 0 Å². The predicted molar refractivity (Wildman–Crippen MR) is 127 cm³/mol. The van der Waals surface area contributed by atoms with Gasteiger partial charge in [-0.25, -0.2) is 4.39 Å². The first-order chi connectivity index (χ1) is 14.7. The van der Waals surface area contributed by atoms with Crippen molar-refractivity contribution in [2.75, 3.05) is 11.9 Å². The number of anilines is 1. The molecule has 0 N–H and O–H groups in total. The fourth-order valence-electron chi connectivity index (χ4n) is 4.25. The van der Waals surface area contributed by atoms with Gasteiger partial charge in [-0.1, -0.05) is 25.1 Å². The number of benzene rings is 3. The molecule has 0 aromatic heterocycles. The van der Waals surface area contributed by atoms with Gasteiger partial charge in [-0.15, -0.1) is 0 Å². The first-order valence-electron chi connectivity index (χ1n) is 10.7. The number of halogens is 1. The minimum atomic E-state index is -0.251. The first kappa shape index (κ1) is 21.1.